The molecule has 122 valence electrons. The lowest BCUT2D eigenvalue weighted by Crippen LogP contribution is -2.30. The summed E-state index contributed by atoms with van der Waals surface area (Å²) in [7, 11) is 0. The summed E-state index contributed by atoms with van der Waals surface area (Å²) in [6, 6.07) is 19.7. The zero-order valence-corrected chi connectivity index (χ0v) is 13.8. The molecule has 1 aromatic heterocycles. The molecule has 6 nitrogen and oxygen atoms in total. The van der Waals surface area contributed by atoms with Gasteiger partial charge < -0.3 is 5.32 Å². The zero-order chi connectivity index (χ0) is 16.6. The van der Waals surface area contributed by atoms with Crippen LogP contribution < -0.4 is 5.32 Å². The smallest absolute Gasteiger partial charge is 0.243 e. The monoisotopic (exact) mass is 339 g/mol. The van der Waals surface area contributed by atoms with E-state index in [-0.39, 0.29) is 12.5 Å². The van der Waals surface area contributed by atoms with Crippen molar-refractivity contribution < 1.29 is 4.79 Å². The minimum absolute atomic E-state index is 0.0653. The molecule has 0 atom stereocenters. The summed E-state index contributed by atoms with van der Waals surface area (Å²) in [5.41, 5.74) is 0.878. The summed E-state index contributed by atoms with van der Waals surface area (Å²) in [5, 5.41) is 15.0. The number of aromatic nitrogens is 4. The van der Waals surface area contributed by atoms with Gasteiger partial charge in [-0.25, -0.2) is 0 Å². The number of carbonyl (C=O) groups is 1. The van der Waals surface area contributed by atoms with Gasteiger partial charge in [0.2, 0.25) is 11.7 Å². The van der Waals surface area contributed by atoms with Gasteiger partial charge >= 0.3 is 0 Å². The highest BCUT2D eigenvalue weighted by atomic mass is 32.2. The Labute approximate surface area is 144 Å². The second-order valence-electron chi connectivity index (χ2n) is 5.02. The Bertz CT molecular complexity index is 776. The first-order chi connectivity index (χ1) is 11.8. The fourth-order valence-electron chi connectivity index (χ4n) is 2.07. The van der Waals surface area contributed by atoms with Crippen LogP contribution in [0.25, 0.3) is 11.4 Å². The molecular formula is C17H17N5OS. The number of nitrogens with one attached hydrogen (secondary N) is 1. The Hall–Kier alpha value is -2.67. The van der Waals surface area contributed by atoms with Crippen LogP contribution in [0.4, 0.5) is 0 Å². The molecule has 0 aliphatic rings. The average Bonchev–Trinajstić information content (AvgIpc) is 3.09. The normalized spacial score (nSPS) is 10.5. The van der Waals surface area contributed by atoms with Crippen molar-refractivity contribution in [1.29, 1.82) is 0 Å². The molecule has 0 fully saturated rings. The maximum absolute atomic E-state index is 11.9. The number of tetrazole rings is 1. The van der Waals surface area contributed by atoms with Gasteiger partial charge in [0.05, 0.1) is 0 Å². The first-order valence-electron chi connectivity index (χ1n) is 7.59. The fraction of sp³-hybridized carbons (Fsp3) is 0.176. The molecule has 0 saturated carbocycles. The summed E-state index contributed by atoms with van der Waals surface area (Å²) < 4.78 is 0. The van der Waals surface area contributed by atoms with Crippen LogP contribution in [0.5, 0.6) is 0 Å². The van der Waals surface area contributed by atoms with Gasteiger partial charge in [-0.05, 0) is 17.3 Å². The predicted molar refractivity (Wildman–Crippen MR) is 93.4 cm³/mol. The third-order valence-corrected chi connectivity index (χ3v) is 4.22. The topological polar surface area (TPSA) is 72.7 Å². The third kappa shape index (κ3) is 4.66. The zero-order valence-electron chi connectivity index (χ0n) is 13.0. The molecule has 1 heterocycles. The Morgan fingerprint density at radius 2 is 1.75 bits per heavy atom. The SMILES string of the molecule is O=C(Cn1nnc(-c2ccccc2)n1)NCCSc1ccccc1. The maximum atomic E-state index is 11.9. The van der Waals surface area contributed by atoms with E-state index in [4.69, 9.17) is 0 Å². The standard InChI is InChI=1S/C17H17N5OS/c23-16(18-11-12-24-15-9-5-2-6-10-15)13-22-20-17(19-21-22)14-7-3-1-4-8-14/h1-10H,11-13H2,(H,18,23). The lowest BCUT2D eigenvalue weighted by atomic mass is 10.2. The fourth-order valence-corrected chi connectivity index (χ4v) is 2.86. The minimum atomic E-state index is -0.124. The van der Waals surface area contributed by atoms with E-state index in [0.717, 1.165) is 11.3 Å². The van der Waals surface area contributed by atoms with Gasteiger partial charge in [-0.15, -0.1) is 22.0 Å². The molecule has 24 heavy (non-hydrogen) atoms. The highest BCUT2D eigenvalue weighted by Crippen LogP contribution is 2.15. The summed E-state index contributed by atoms with van der Waals surface area (Å²) in [5.74, 6) is 1.21. The van der Waals surface area contributed by atoms with E-state index in [0.29, 0.717) is 12.4 Å². The van der Waals surface area contributed by atoms with Crippen molar-refractivity contribution in [2.75, 3.05) is 12.3 Å². The predicted octanol–water partition coefficient (Wildman–Crippen LogP) is 2.25. The number of thioether (sulfide) groups is 1. The molecule has 0 bridgehead atoms. The number of carbonyl (C=O) groups excluding carboxylic acids is 1. The summed E-state index contributed by atoms with van der Waals surface area (Å²) >= 11 is 1.70. The van der Waals surface area contributed by atoms with Crippen molar-refractivity contribution >= 4 is 17.7 Å². The lowest BCUT2D eigenvalue weighted by Gasteiger charge is -2.04. The number of nitrogens with zero attached hydrogens (tertiary/aromatic N) is 4. The Balaban J connectivity index is 1.43. The summed E-state index contributed by atoms with van der Waals surface area (Å²) in [6.07, 6.45) is 0. The van der Waals surface area contributed by atoms with Crippen molar-refractivity contribution in [1.82, 2.24) is 25.5 Å². The summed E-state index contributed by atoms with van der Waals surface area (Å²) in [4.78, 5) is 14.4. The second kappa shape index (κ2) is 8.26. The highest BCUT2D eigenvalue weighted by molar-refractivity contribution is 7.99. The molecule has 1 N–H and O–H groups in total. The van der Waals surface area contributed by atoms with E-state index in [1.807, 2.05) is 48.5 Å². The Morgan fingerprint density at radius 1 is 1.04 bits per heavy atom. The number of hydrogen-bond donors (Lipinski definition) is 1. The van der Waals surface area contributed by atoms with E-state index < -0.39 is 0 Å². The van der Waals surface area contributed by atoms with Gasteiger partial charge in [-0.1, -0.05) is 48.5 Å². The van der Waals surface area contributed by atoms with Crippen LogP contribution in [0.3, 0.4) is 0 Å². The van der Waals surface area contributed by atoms with Crippen LogP contribution in [-0.2, 0) is 11.3 Å². The lowest BCUT2D eigenvalue weighted by molar-refractivity contribution is -0.121. The maximum Gasteiger partial charge on any atom is 0.243 e. The molecule has 0 aliphatic carbocycles. The van der Waals surface area contributed by atoms with Crippen molar-refractivity contribution in [3.05, 3.63) is 60.7 Å². The van der Waals surface area contributed by atoms with Gasteiger partial charge in [0.25, 0.3) is 0 Å². The van der Waals surface area contributed by atoms with Crippen LogP contribution in [0.1, 0.15) is 0 Å². The van der Waals surface area contributed by atoms with Gasteiger partial charge in [0, 0.05) is 22.8 Å². The van der Waals surface area contributed by atoms with E-state index in [9.17, 15) is 4.79 Å². The van der Waals surface area contributed by atoms with Crippen molar-refractivity contribution in [3.63, 3.8) is 0 Å². The first kappa shape index (κ1) is 16.2. The number of hydrogen-bond acceptors (Lipinski definition) is 5. The molecule has 3 aromatic rings. The molecular weight excluding hydrogens is 322 g/mol. The molecule has 1 amide bonds. The van der Waals surface area contributed by atoms with Crippen molar-refractivity contribution in [2.45, 2.75) is 11.4 Å². The number of rotatable bonds is 7. The van der Waals surface area contributed by atoms with E-state index >= 15 is 0 Å². The van der Waals surface area contributed by atoms with Crippen molar-refractivity contribution in [3.8, 4) is 11.4 Å². The second-order valence-corrected chi connectivity index (χ2v) is 6.19. The van der Waals surface area contributed by atoms with Gasteiger partial charge in [0.1, 0.15) is 6.54 Å². The first-order valence-corrected chi connectivity index (χ1v) is 8.57. The molecule has 0 saturated heterocycles. The van der Waals surface area contributed by atoms with Crippen LogP contribution in [0, 0.1) is 0 Å². The number of amides is 1. The largest absolute Gasteiger partial charge is 0.354 e. The summed E-state index contributed by atoms with van der Waals surface area (Å²) in [6.45, 7) is 0.661. The minimum Gasteiger partial charge on any atom is -0.354 e. The van der Waals surface area contributed by atoms with Crippen molar-refractivity contribution in [2.24, 2.45) is 0 Å². The van der Waals surface area contributed by atoms with E-state index in [2.05, 4.69) is 32.9 Å². The molecule has 3 rings (SSSR count). The van der Waals surface area contributed by atoms with Crippen LogP contribution in [0.2, 0.25) is 0 Å². The van der Waals surface area contributed by atoms with Crippen LogP contribution >= 0.6 is 11.8 Å². The van der Waals surface area contributed by atoms with Crippen LogP contribution in [-0.4, -0.2) is 38.4 Å². The van der Waals surface area contributed by atoms with Gasteiger partial charge in [-0.2, -0.15) is 4.80 Å². The Morgan fingerprint density at radius 3 is 2.50 bits per heavy atom. The van der Waals surface area contributed by atoms with Crippen LogP contribution in [0.15, 0.2) is 65.6 Å². The van der Waals surface area contributed by atoms with Gasteiger partial charge in [0.15, 0.2) is 0 Å². The van der Waals surface area contributed by atoms with Gasteiger partial charge in [-0.3, -0.25) is 4.79 Å². The molecule has 7 heteroatoms. The quantitative estimate of drug-likeness (QED) is 0.528. The molecule has 0 spiro atoms. The highest BCUT2D eigenvalue weighted by Gasteiger charge is 2.08. The number of benzene rings is 2. The average molecular weight is 339 g/mol. The molecule has 0 aliphatic heterocycles. The Kier molecular flexibility index (Phi) is 5.57. The molecule has 0 radical (unpaired) electrons. The molecule has 2 aromatic carbocycles. The van der Waals surface area contributed by atoms with E-state index in [1.165, 1.54) is 9.69 Å². The molecule has 0 unspecified atom stereocenters. The third-order valence-electron chi connectivity index (χ3n) is 3.21. The van der Waals surface area contributed by atoms with E-state index in [1.54, 1.807) is 11.8 Å².